The third-order valence-corrected chi connectivity index (χ3v) is 2.32. The van der Waals surface area contributed by atoms with Crippen molar-refractivity contribution in [1.29, 1.82) is 0 Å². The Balaban J connectivity index is 3.38. The van der Waals surface area contributed by atoms with Crippen LogP contribution in [0.3, 0.4) is 0 Å². The quantitative estimate of drug-likeness (QED) is 0.402. The average Bonchev–Trinajstić information content (AvgIpc) is 2.17. The summed E-state index contributed by atoms with van der Waals surface area (Å²) in [4.78, 5) is 0. The third-order valence-electron chi connectivity index (χ3n) is 2.32. The Morgan fingerprint density at radius 2 is 1.47 bits per heavy atom. The second kappa shape index (κ2) is 9.09. The van der Waals surface area contributed by atoms with Crippen molar-refractivity contribution in [3.05, 3.63) is 0 Å². The molecule has 15 heavy (non-hydrogen) atoms. The molecule has 0 fully saturated rings. The molecule has 4 heteroatoms. The van der Waals surface area contributed by atoms with Gasteiger partial charge in [0, 0.05) is 13.7 Å². The van der Waals surface area contributed by atoms with E-state index in [1.165, 1.54) is 0 Å². The maximum atomic E-state index is 5.43. The summed E-state index contributed by atoms with van der Waals surface area (Å²) in [5.41, 5.74) is 0. The summed E-state index contributed by atoms with van der Waals surface area (Å²) in [6.45, 7) is 7.81. The summed E-state index contributed by atoms with van der Waals surface area (Å²) in [6, 6.07) is 0. The zero-order valence-corrected chi connectivity index (χ0v) is 10.6. The number of ether oxygens (including phenoxy) is 3. The van der Waals surface area contributed by atoms with Crippen LogP contribution in [0.15, 0.2) is 0 Å². The molecule has 0 aromatic rings. The first-order valence-electron chi connectivity index (χ1n) is 5.59. The Morgan fingerprint density at radius 1 is 0.867 bits per heavy atom. The minimum absolute atomic E-state index is 0.673. The van der Waals surface area contributed by atoms with Gasteiger partial charge >= 0.3 is 0 Å². The van der Waals surface area contributed by atoms with Crippen LogP contribution < -0.4 is 0 Å². The summed E-state index contributed by atoms with van der Waals surface area (Å²) in [5.74, 6) is 0. The molecule has 0 saturated carbocycles. The van der Waals surface area contributed by atoms with Crippen molar-refractivity contribution < 1.29 is 18.7 Å². The summed E-state index contributed by atoms with van der Waals surface area (Å²) in [6.07, 6.45) is 0. The highest BCUT2D eigenvalue weighted by Gasteiger charge is 2.13. The molecule has 0 atom stereocenters. The van der Waals surface area contributed by atoms with Crippen LogP contribution in [-0.4, -0.2) is 71.8 Å². The highest BCUT2D eigenvalue weighted by atomic mass is 16.5. The van der Waals surface area contributed by atoms with Crippen LogP contribution in [-0.2, 0) is 14.2 Å². The maximum absolute atomic E-state index is 5.43. The fourth-order valence-corrected chi connectivity index (χ4v) is 1.12. The lowest BCUT2D eigenvalue weighted by Crippen LogP contribution is -2.44. The van der Waals surface area contributed by atoms with Crippen LogP contribution in [0.1, 0.15) is 6.92 Å². The smallest absolute Gasteiger partial charge is 0.102 e. The van der Waals surface area contributed by atoms with E-state index in [0.29, 0.717) is 13.2 Å². The standard InChI is InChI=1S/C11H26NO3/c1-5-14-8-6-12(2,3)7-9-15-11-10-13-4/h5-11H2,1-4H3/q+1. The molecule has 0 aliphatic rings. The van der Waals surface area contributed by atoms with Crippen molar-refractivity contribution >= 4 is 0 Å². The number of hydrogen-bond donors (Lipinski definition) is 0. The van der Waals surface area contributed by atoms with Gasteiger partial charge in [-0.05, 0) is 6.92 Å². The predicted molar refractivity (Wildman–Crippen MR) is 61.0 cm³/mol. The van der Waals surface area contributed by atoms with Gasteiger partial charge in [0.05, 0.1) is 40.5 Å². The van der Waals surface area contributed by atoms with Gasteiger partial charge in [0.15, 0.2) is 0 Å². The second-order valence-electron chi connectivity index (χ2n) is 4.19. The van der Waals surface area contributed by atoms with Crippen LogP contribution in [0.4, 0.5) is 0 Å². The van der Waals surface area contributed by atoms with E-state index in [1.807, 2.05) is 6.92 Å². The number of methoxy groups -OCH3 is 1. The lowest BCUT2D eigenvalue weighted by molar-refractivity contribution is -0.891. The Bertz CT molecular complexity index is 140. The number of hydrogen-bond acceptors (Lipinski definition) is 3. The minimum atomic E-state index is 0.673. The topological polar surface area (TPSA) is 27.7 Å². The van der Waals surface area contributed by atoms with Crippen molar-refractivity contribution in [2.24, 2.45) is 0 Å². The molecule has 0 amide bonds. The Morgan fingerprint density at radius 3 is 2.00 bits per heavy atom. The highest BCUT2D eigenvalue weighted by molar-refractivity contribution is 4.36. The molecule has 0 aromatic heterocycles. The SMILES string of the molecule is CCOCC[N+](C)(C)CCOCCOC. The fraction of sp³-hybridized carbons (Fsp3) is 1.00. The first-order chi connectivity index (χ1) is 7.12. The highest BCUT2D eigenvalue weighted by Crippen LogP contribution is 1.96. The number of quaternary nitrogens is 1. The Kier molecular flexibility index (Phi) is 9.00. The molecule has 92 valence electrons. The third kappa shape index (κ3) is 10.1. The average molecular weight is 220 g/mol. The molecule has 0 spiro atoms. The molecule has 0 aliphatic heterocycles. The molecule has 0 unspecified atom stereocenters. The van der Waals surface area contributed by atoms with E-state index in [1.54, 1.807) is 7.11 Å². The molecule has 4 nitrogen and oxygen atoms in total. The van der Waals surface area contributed by atoms with E-state index in [9.17, 15) is 0 Å². The van der Waals surface area contributed by atoms with Crippen molar-refractivity contribution in [2.45, 2.75) is 6.92 Å². The molecule has 0 aliphatic carbocycles. The van der Waals surface area contributed by atoms with E-state index in [0.717, 1.165) is 37.4 Å². The number of nitrogens with zero attached hydrogens (tertiary/aromatic N) is 1. The van der Waals surface area contributed by atoms with Gasteiger partial charge in [-0.15, -0.1) is 0 Å². The summed E-state index contributed by atoms with van der Waals surface area (Å²) < 4.78 is 16.6. The second-order valence-corrected chi connectivity index (χ2v) is 4.19. The lowest BCUT2D eigenvalue weighted by atomic mass is 10.4. The molecule has 0 rings (SSSR count). The molecule has 0 saturated heterocycles. The zero-order valence-electron chi connectivity index (χ0n) is 10.6. The van der Waals surface area contributed by atoms with Crippen molar-refractivity contribution in [2.75, 3.05) is 67.3 Å². The molecule has 0 heterocycles. The Hall–Kier alpha value is -0.160. The van der Waals surface area contributed by atoms with Gasteiger partial charge in [-0.25, -0.2) is 0 Å². The summed E-state index contributed by atoms with van der Waals surface area (Å²) in [7, 11) is 6.07. The monoisotopic (exact) mass is 220 g/mol. The van der Waals surface area contributed by atoms with Crippen LogP contribution in [0.25, 0.3) is 0 Å². The van der Waals surface area contributed by atoms with E-state index in [2.05, 4.69) is 14.1 Å². The first-order valence-corrected chi connectivity index (χ1v) is 5.59. The molecule has 0 radical (unpaired) electrons. The van der Waals surface area contributed by atoms with Gasteiger partial charge in [-0.3, -0.25) is 0 Å². The molecular formula is C11H26NO3+. The van der Waals surface area contributed by atoms with Crippen LogP contribution in [0.2, 0.25) is 0 Å². The van der Waals surface area contributed by atoms with E-state index >= 15 is 0 Å². The van der Waals surface area contributed by atoms with Gasteiger partial charge in [0.1, 0.15) is 13.1 Å². The fourth-order valence-electron chi connectivity index (χ4n) is 1.12. The molecule has 0 bridgehead atoms. The van der Waals surface area contributed by atoms with Crippen LogP contribution >= 0.6 is 0 Å². The summed E-state index contributed by atoms with van der Waals surface area (Å²) in [5, 5.41) is 0. The first kappa shape index (κ1) is 14.8. The van der Waals surface area contributed by atoms with Crippen molar-refractivity contribution in [3.8, 4) is 0 Å². The molecular weight excluding hydrogens is 194 g/mol. The van der Waals surface area contributed by atoms with Crippen molar-refractivity contribution in [1.82, 2.24) is 0 Å². The zero-order chi connectivity index (χ0) is 11.6. The van der Waals surface area contributed by atoms with Crippen LogP contribution in [0, 0.1) is 0 Å². The minimum Gasteiger partial charge on any atom is -0.382 e. The molecule has 0 N–H and O–H groups in total. The largest absolute Gasteiger partial charge is 0.382 e. The predicted octanol–water partition coefficient (Wildman–Crippen LogP) is 0.762. The maximum Gasteiger partial charge on any atom is 0.102 e. The van der Waals surface area contributed by atoms with Gasteiger partial charge in [-0.1, -0.05) is 0 Å². The number of likely N-dealkylation sites (N-methyl/N-ethyl adjacent to an activating group) is 1. The van der Waals surface area contributed by atoms with E-state index in [-0.39, 0.29) is 0 Å². The molecule has 0 aromatic carbocycles. The Labute approximate surface area is 93.7 Å². The van der Waals surface area contributed by atoms with Crippen molar-refractivity contribution in [3.63, 3.8) is 0 Å². The number of rotatable bonds is 10. The summed E-state index contributed by atoms with van der Waals surface area (Å²) >= 11 is 0. The lowest BCUT2D eigenvalue weighted by Gasteiger charge is -2.29. The van der Waals surface area contributed by atoms with Gasteiger partial charge < -0.3 is 18.7 Å². The van der Waals surface area contributed by atoms with E-state index < -0.39 is 0 Å². The van der Waals surface area contributed by atoms with Gasteiger partial charge in [0.2, 0.25) is 0 Å². The van der Waals surface area contributed by atoms with Gasteiger partial charge in [0.25, 0.3) is 0 Å². The van der Waals surface area contributed by atoms with Gasteiger partial charge in [-0.2, -0.15) is 0 Å². The van der Waals surface area contributed by atoms with E-state index in [4.69, 9.17) is 14.2 Å². The normalized spacial score (nSPS) is 12.0. The van der Waals surface area contributed by atoms with Crippen LogP contribution in [0.5, 0.6) is 0 Å².